The number of methoxy groups -OCH3 is 1. The van der Waals surface area contributed by atoms with Crippen molar-refractivity contribution >= 4 is 18.2 Å². The Labute approximate surface area is 331 Å². The van der Waals surface area contributed by atoms with Crippen LogP contribution in [0, 0.1) is 0 Å². The van der Waals surface area contributed by atoms with Crippen molar-refractivity contribution in [2.45, 2.75) is 69.0 Å². The Morgan fingerprint density at radius 1 is 0.810 bits per heavy atom. The highest BCUT2D eigenvalue weighted by atomic mass is 19.4. The second-order valence-electron chi connectivity index (χ2n) is 13.6. The molecule has 0 radical (unpaired) electrons. The molecule has 6 unspecified atom stereocenters. The third-order valence-corrected chi connectivity index (χ3v) is 9.53. The van der Waals surface area contributed by atoms with E-state index in [2.05, 4.69) is 10.1 Å². The summed E-state index contributed by atoms with van der Waals surface area (Å²) < 4.78 is 97.9. The normalized spacial score (nSPS) is 21.3. The molecule has 1 saturated heterocycles. The minimum atomic E-state index is -4.91. The number of carbonyl (C=O) groups excluding carboxylic acids is 2. The molecule has 58 heavy (non-hydrogen) atoms. The number of rotatable bonds is 16. The number of alkyl halides is 4. The third-order valence-electron chi connectivity index (χ3n) is 9.53. The molecule has 2 aliphatic rings. The van der Waals surface area contributed by atoms with Crippen LogP contribution in [0.1, 0.15) is 49.5 Å². The predicted octanol–water partition coefficient (Wildman–Crippen LogP) is 7.45. The van der Waals surface area contributed by atoms with E-state index in [4.69, 9.17) is 28.4 Å². The van der Waals surface area contributed by atoms with E-state index in [1.54, 1.807) is 97.2 Å². The van der Waals surface area contributed by atoms with Crippen molar-refractivity contribution in [2.24, 2.45) is 4.99 Å². The van der Waals surface area contributed by atoms with Crippen LogP contribution in [0.3, 0.4) is 0 Å². The van der Waals surface area contributed by atoms with E-state index < -0.39 is 61.2 Å². The summed E-state index contributed by atoms with van der Waals surface area (Å²) in [6, 6.07) is 30.9. The van der Waals surface area contributed by atoms with E-state index >= 15 is 4.39 Å². The molecular formula is C43H39F4N3O8. The number of aryl methyl sites for hydroxylation is 1. The van der Waals surface area contributed by atoms with Crippen molar-refractivity contribution in [1.82, 2.24) is 9.78 Å². The summed E-state index contributed by atoms with van der Waals surface area (Å²) in [6.07, 6.45) is -12.1. The SMILES string of the molecule is COc1ccc(Cc2c(C(F)(F)F)nn(CCC3C=N3)c2OC2OC(COC(=O)c3ccccc3)C(F)C(OC(=O)c3ccccc3)C2OCc2ccccc2)cc1. The Hall–Kier alpha value is -6.06. The van der Waals surface area contributed by atoms with Gasteiger partial charge in [-0.1, -0.05) is 78.9 Å². The van der Waals surface area contributed by atoms with Gasteiger partial charge in [0.05, 0.1) is 36.4 Å². The van der Waals surface area contributed by atoms with Crippen LogP contribution in [0.2, 0.25) is 0 Å². The van der Waals surface area contributed by atoms with Gasteiger partial charge in [-0.2, -0.15) is 18.3 Å². The van der Waals surface area contributed by atoms with Gasteiger partial charge in [0.25, 0.3) is 0 Å². The molecule has 2 aliphatic heterocycles. The third kappa shape index (κ3) is 9.90. The van der Waals surface area contributed by atoms with E-state index in [-0.39, 0.29) is 48.2 Å². The zero-order chi connectivity index (χ0) is 40.6. The number of aliphatic imine (C=N–C) groups is 1. The highest BCUT2D eigenvalue weighted by Crippen LogP contribution is 2.40. The molecule has 1 fully saturated rings. The van der Waals surface area contributed by atoms with Gasteiger partial charge in [-0.05, 0) is 53.9 Å². The van der Waals surface area contributed by atoms with Crippen molar-refractivity contribution in [1.29, 1.82) is 0 Å². The summed E-state index contributed by atoms with van der Waals surface area (Å²) in [5.74, 6) is -1.52. The quantitative estimate of drug-likeness (QED) is 0.0741. The number of nitrogens with zero attached hydrogens (tertiary/aromatic N) is 3. The fourth-order valence-corrected chi connectivity index (χ4v) is 6.43. The molecule has 5 aromatic rings. The molecule has 4 aromatic carbocycles. The summed E-state index contributed by atoms with van der Waals surface area (Å²) in [5.41, 5.74) is -0.110. The zero-order valence-corrected chi connectivity index (χ0v) is 31.2. The molecule has 0 aliphatic carbocycles. The number of halogens is 4. The number of ether oxygens (including phenoxy) is 6. The molecule has 0 N–H and O–H groups in total. The maximum absolute atomic E-state index is 16.9. The molecule has 0 bridgehead atoms. The Morgan fingerprint density at radius 3 is 2.03 bits per heavy atom. The zero-order valence-electron chi connectivity index (χ0n) is 31.2. The Kier molecular flexibility index (Phi) is 12.5. The van der Waals surface area contributed by atoms with Crippen LogP contribution >= 0.6 is 0 Å². The Morgan fingerprint density at radius 2 is 1.43 bits per heavy atom. The Bertz CT molecular complexity index is 2160. The molecule has 0 saturated carbocycles. The van der Waals surface area contributed by atoms with Crippen molar-refractivity contribution < 1.29 is 55.6 Å². The van der Waals surface area contributed by atoms with E-state index in [1.807, 2.05) is 0 Å². The lowest BCUT2D eigenvalue weighted by Crippen LogP contribution is -2.61. The second kappa shape index (κ2) is 18.0. The molecule has 6 atom stereocenters. The topological polar surface area (TPSA) is 120 Å². The van der Waals surface area contributed by atoms with Crippen molar-refractivity contribution in [3.05, 3.63) is 149 Å². The monoisotopic (exact) mass is 801 g/mol. The van der Waals surface area contributed by atoms with E-state index in [0.717, 1.165) is 4.68 Å². The van der Waals surface area contributed by atoms with E-state index in [1.165, 1.54) is 31.4 Å². The molecular weight excluding hydrogens is 762 g/mol. The number of esters is 2. The lowest BCUT2D eigenvalue weighted by molar-refractivity contribution is -0.279. The van der Waals surface area contributed by atoms with Gasteiger partial charge < -0.3 is 28.4 Å². The number of carbonyl (C=O) groups is 2. The first-order valence-electron chi connectivity index (χ1n) is 18.5. The summed E-state index contributed by atoms with van der Waals surface area (Å²) in [6.45, 7) is -0.867. The smallest absolute Gasteiger partial charge is 0.435 e. The first kappa shape index (κ1) is 40.1. The fourth-order valence-electron chi connectivity index (χ4n) is 6.43. The highest BCUT2D eigenvalue weighted by molar-refractivity contribution is 5.90. The fraction of sp³-hybridized carbons (Fsp3) is 0.302. The molecule has 11 nitrogen and oxygen atoms in total. The van der Waals surface area contributed by atoms with Crippen LogP contribution in [-0.2, 0) is 44.7 Å². The molecule has 0 amide bonds. The molecule has 15 heteroatoms. The lowest BCUT2D eigenvalue weighted by atomic mass is 9.99. The molecule has 302 valence electrons. The average molecular weight is 802 g/mol. The average Bonchev–Trinajstić information content (AvgIpc) is 4.01. The largest absolute Gasteiger partial charge is 0.497 e. The first-order chi connectivity index (χ1) is 28.1. The molecule has 1 aromatic heterocycles. The van der Waals surface area contributed by atoms with Crippen LogP contribution in [0.4, 0.5) is 17.6 Å². The van der Waals surface area contributed by atoms with Crippen molar-refractivity contribution in [3.8, 4) is 11.6 Å². The maximum atomic E-state index is 16.9. The predicted molar refractivity (Wildman–Crippen MR) is 201 cm³/mol. The van der Waals surface area contributed by atoms with Gasteiger partial charge in [0.1, 0.15) is 18.5 Å². The van der Waals surface area contributed by atoms with Crippen LogP contribution in [-0.4, -0.2) is 78.5 Å². The van der Waals surface area contributed by atoms with Gasteiger partial charge in [-0.15, -0.1) is 0 Å². The van der Waals surface area contributed by atoms with Gasteiger partial charge in [0.15, 0.2) is 24.1 Å². The van der Waals surface area contributed by atoms with Gasteiger partial charge >= 0.3 is 18.1 Å². The van der Waals surface area contributed by atoms with Crippen LogP contribution < -0.4 is 9.47 Å². The summed E-state index contributed by atoms with van der Waals surface area (Å²) in [4.78, 5) is 30.7. The first-order valence-corrected chi connectivity index (χ1v) is 18.5. The summed E-state index contributed by atoms with van der Waals surface area (Å²) >= 11 is 0. The van der Waals surface area contributed by atoms with Crippen LogP contribution in [0.25, 0.3) is 0 Å². The number of hydrogen-bond donors (Lipinski definition) is 0. The molecule has 0 spiro atoms. The van der Waals surface area contributed by atoms with Gasteiger partial charge in [-0.25, -0.2) is 18.7 Å². The standard InChI is InChI=1S/C43H39F4N3O8/c1-53-32-19-17-27(18-20-32)23-33-38(43(45,46)47)49-50(22-21-31-24-48-31)39(33)58-42-37(54-25-28-11-5-2-6-12-28)36(57-41(52)30-15-9-4-10-16-30)35(44)34(56-42)26-55-40(51)29-13-7-3-8-14-29/h2-20,24,31,34-37,42H,21-23,25-26H2,1H3. The summed E-state index contributed by atoms with van der Waals surface area (Å²) in [5, 5.41) is 3.99. The van der Waals surface area contributed by atoms with Crippen molar-refractivity contribution in [2.75, 3.05) is 13.7 Å². The lowest BCUT2D eigenvalue weighted by Gasteiger charge is -2.42. The maximum Gasteiger partial charge on any atom is 0.435 e. The molecule has 3 heterocycles. The van der Waals surface area contributed by atoms with Crippen LogP contribution in [0.5, 0.6) is 11.6 Å². The summed E-state index contributed by atoms with van der Waals surface area (Å²) in [7, 11) is 1.47. The highest BCUT2D eigenvalue weighted by Gasteiger charge is 2.52. The molecule has 7 rings (SSSR count). The number of hydrogen-bond acceptors (Lipinski definition) is 10. The Balaban J connectivity index is 1.29. The van der Waals surface area contributed by atoms with Crippen LogP contribution in [0.15, 0.2) is 120 Å². The van der Waals surface area contributed by atoms with Crippen molar-refractivity contribution in [3.63, 3.8) is 0 Å². The van der Waals surface area contributed by atoms with E-state index in [0.29, 0.717) is 23.3 Å². The van der Waals surface area contributed by atoms with Gasteiger partial charge in [0, 0.05) is 19.2 Å². The second-order valence-corrected chi connectivity index (χ2v) is 13.6. The number of aromatic nitrogens is 2. The minimum Gasteiger partial charge on any atom is -0.497 e. The minimum absolute atomic E-state index is 0.0375. The van der Waals surface area contributed by atoms with Gasteiger partial charge in [-0.3, -0.25) is 4.99 Å². The van der Waals surface area contributed by atoms with E-state index in [9.17, 15) is 22.8 Å². The number of benzene rings is 4. The van der Waals surface area contributed by atoms with Gasteiger partial charge in [0.2, 0.25) is 12.2 Å².